The molecule has 5 nitrogen and oxygen atoms in total. The van der Waals surface area contributed by atoms with E-state index < -0.39 is 0 Å². The van der Waals surface area contributed by atoms with E-state index in [9.17, 15) is 9.18 Å². The minimum Gasteiger partial charge on any atom is -0.376 e. The standard InChI is InChI=1S/C23H26FN3O2/c24-19-10-8-18(9-11-19)22(21-7-3-16-29-21)26-23(28)25-13-4-14-27-15-12-17-5-1-2-6-20(17)27/h1-2,5-6,8-12,15,21-22H,3-4,7,13-14,16H2,(H2,25,26,28). The van der Waals surface area contributed by atoms with Crippen LogP contribution in [-0.2, 0) is 11.3 Å². The number of para-hydroxylation sites is 1. The molecule has 152 valence electrons. The minimum absolute atomic E-state index is 0.0857. The summed E-state index contributed by atoms with van der Waals surface area (Å²) in [6, 6.07) is 16.1. The number of nitrogens with one attached hydrogen (secondary N) is 2. The highest BCUT2D eigenvalue weighted by atomic mass is 19.1. The van der Waals surface area contributed by atoms with Gasteiger partial charge in [-0.3, -0.25) is 0 Å². The van der Waals surface area contributed by atoms with E-state index in [1.54, 1.807) is 12.1 Å². The highest BCUT2D eigenvalue weighted by Crippen LogP contribution is 2.27. The van der Waals surface area contributed by atoms with E-state index >= 15 is 0 Å². The van der Waals surface area contributed by atoms with Gasteiger partial charge in [-0.05, 0) is 54.5 Å². The molecule has 2 N–H and O–H groups in total. The number of hydrogen-bond acceptors (Lipinski definition) is 2. The lowest BCUT2D eigenvalue weighted by atomic mass is 9.99. The zero-order chi connectivity index (χ0) is 20.1. The Bertz CT molecular complexity index is 948. The molecule has 6 heteroatoms. The van der Waals surface area contributed by atoms with E-state index in [0.29, 0.717) is 13.2 Å². The maximum absolute atomic E-state index is 13.3. The van der Waals surface area contributed by atoms with Crippen molar-refractivity contribution in [3.63, 3.8) is 0 Å². The van der Waals surface area contributed by atoms with Crippen LogP contribution in [0.15, 0.2) is 60.8 Å². The number of fused-ring (bicyclic) bond motifs is 1. The summed E-state index contributed by atoms with van der Waals surface area (Å²) in [6.45, 7) is 2.09. The average Bonchev–Trinajstić information content (AvgIpc) is 3.41. The van der Waals surface area contributed by atoms with Crippen molar-refractivity contribution in [1.29, 1.82) is 0 Å². The number of ether oxygens (including phenoxy) is 1. The zero-order valence-electron chi connectivity index (χ0n) is 16.3. The molecule has 2 aromatic carbocycles. The van der Waals surface area contributed by atoms with Crippen LogP contribution in [0.3, 0.4) is 0 Å². The third kappa shape index (κ3) is 4.77. The number of rotatable bonds is 7. The predicted octanol–water partition coefficient (Wildman–Crippen LogP) is 4.39. The summed E-state index contributed by atoms with van der Waals surface area (Å²) in [5.74, 6) is -0.290. The molecule has 2 unspecified atom stereocenters. The second kappa shape index (κ2) is 9.09. The van der Waals surface area contributed by atoms with Crippen molar-refractivity contribution in [2.45, 2.75) is 38.0 Å². The van der Waals surface area contributed by atoms with Gasteiger partial charge in [0.1, 0.15) is 5.82 Å². The Morgan fingerprint density at radius 1 is 1.17 bits per heavy atom. The van der Waals surface area contributed by atoms with Crippen molar-refractivity contribution >= 4 is 16.9 Å². The van der Waals surface area contributed by atoms with Crippen LogP contribution in [0.1, 0.15) is 30.9 Å². The first-order chi connectivity index (χ1) is 14.2. The predicted molar refractivity (Wildman–Crippen MR) is 111 cm³/mol. The van der Waals surface area contributed by atoms with Gasteiger partial charge in [0.15, 0.2) is 0 Å². The summed E-state index contributed by atoms with van der Waals surface area (Å²) >= 11 is 0. The van der Waals surface area contributed by atoms with Gasteiger partial charge in [-0.25, -0.2) is 9.18 Å². The molecule has 0 spiro atoms. The van der Waals surface area contributed by atoms with E-state index in [4.69, 9.17) is 4.74 Å². The van der Waals surface area contributed by atoms with Crippen LogP contribution in [0.5, 0.6) is 0 Å². The SMILES string of the molecule is O=C(NCCCn1ccc2ccccc21)NC(c1ccc(F)cc1)C1CCCO1. The van der Waals surface area contributed by atoms with Crippen LogP contribution < -0.4 is 10.6 Å². The number of carbonyl (C=O) groups is 1. The molecule has 0 radical (unpaired) electrons. The molecule has 0 aliphatic carbocycles. The molecule has 2 atom stereocenters. The fourth-order valence-electron chi connectivity index (χ4n) is 3.91. The van der Waals surface area contributed by atoms with Crippen molar-refractivity contribution in [2.24, 2.45) is 0 Å². The first-order valence-corrected chi connectivity index (χ1v) is 10.2. The lowest BCUT2D eigenvalue weighted by Crippen LogP contribution is -2.42. The number of carbonyl (C=O) groups excluding carboxylic acids is 1. The minimum atomic E-state index is -0.290. The second-order valence-electron chi connectivity index (χ2n) is 7.40. The zero-order valence-corrected chi connectivity index (χ0v) is 16.3. The van der Waals surface area contributed by atoms with Gasteiger partial charge in [-0.2, -0.15) is 0 Å². The molecule has 2 amide bonds. The normalized spacial score (nSPS) is 17.3. The Morgan fingerprint density at radius 3 is 2.79 bits per heavy atom. The summed E-state index contributed by atoms with van der Waals surface area (Å²) in [5.41, 5.74) is 2.05. The van der Waals surface area contributed by atoms with E-state index in [0.717, 1.165) is 31.4 Å². The van der Waals surface area contributed by atoms with Crippen LogP contribution in [0.2, 0.25) is 0 Å². The highest BCUT2D eigenvalue weighted by molar-refractivity contribution is 5.79. The van der Waals surface area contributed by atoms with E-state index in [-0.39, 0.29) is 24.0 Å². The summed E-state index contributed by atoms with van der Waals surface area (Å²) in [7, 11) is 0. The number of hydrogen-bond donors (Lipinski definition) is 2. The lowest BCUT2D eigenvalue weighted by molar-refractivity contribution is 0.0807. The largest absolute Gasteiger partial charge is 0.376 e. The van der Waals surface area contributed by atoms with Gasteiger partial charge in [0.2, 0.25) is 0 Å². The van der Waals surface area contributed by atoms with Crippen LogP contribution >= 0.6 is 0 Å². The monoisotopic (exact) mass is 395 g/mol. The molecule has 2 heterocycles. The molecule has 1 aliphatic heterocycles. The Hall–Kier alpha value is -2.86. The Morgan fingerprint density at radius 2 is 2.00 bits per heavy atom. The molecule has 1 fully saturated rings. The number of amides is 2. The first kappa shape index (κ1) is 19.5. The molecule has 0 saturated carbocycles. The van der Waals surface area contributed by atoms with E-state index in [1.807, 2.05) is 12.1 Å². The lowest BCUT2D eigenvalue weighted by Gasteiger charge is -2.25. The fourth-order valence-corrected chi connectivity index (χ4v) is 3.91. The Kier molecular flexibility index (Phi) is 6.10. The third-order valence-corrected chi connectivity index (χ3v) is 5.39. The summed E-state index contributed by atoms with van der Waals surface area (Å²) < 4.78 is 21.3. The van der Waals surface area contributed by atoms with Crippen molar-refractivity contribution < 1.29 is 13.9 Å². The van der Waals surface area contributed by atoms with Gasteiger partial charge >= 0.3 is 6.03 Å². The van der Waals surface area contributed by atoms with Crippen LogP contribution in [0.25, 0.3) is 10.9 Å². The number of halogens is 1. The number of urea groups is 1. The smallest absolute Gasteiger partial charge is 0.315 e. The van der Waals surface area contributed by atoms with Gasteiger partial charge in [-0.15, -0.1) is 0 Å². The summed E-state index contributed by atoms with van der Waals surface area (Å²) in [4.78, 5) is 12.5. The van der Waals surface area contributed by atoms with Gasteiger partial charge in [0.25, 0.3) is 0 Å². The van der Waals surface area contributed by atoms with Crippen molar-refractivity contribution in [3.8, 4) is 0 Å². The van der Waals surface area contributed by atoms with Crippen molar-refractivity contribution in [2.75, 3.05) is 13.2 Å². The van der Waals surface area contributed by atoms with Gasteiger partial charge < -0.3 is 19.9 Å². The Balaban J connectivity index is 1.30. The highest BCUT2D eigenvalue weighted by Gasteiger charge is 2.28. The van der Waals surface area contributed by atoms with E-state index in [1.165, 1.54) is 23.0 Å². The van der Waals surface area contributed by atoms with Gasteiger partial charge in [-0.1, -0.05) is 30.3 Å². The third-order valence-electron chi connectivity index (χ3n) is 5.39. The van der Waals surface area contributed by atoms with Crippen molar-refractivity contribution in [3.05, 3.63) is 72.2 Å². The molecule has 0 bridgehead atoms. The molecular weight excluding hydrogens is 369 g/mol. The first-order valence-electron chi connectivity index (χ1n) is 10.2. The number of nitrogens with zero attached hydrogens (tertiary/aromatic N) is 1. The van der Waals surface area contributed by atoms with E-state index in [2.05, 4.69) is 39.6 Å². The molecule has 3 aromatic rings. The fraction of sp³-hybridized carbons (Fsp3) is 0.348. The molecule has 1 saturated heterocycles. The van der Waals surface area contributed by atoms with Crippen LogP contribution in [0, 0.1) is 5.82 Å². The number of aromatic nitrogens is 1. The number of aryl methyl sites for hydroxylation is 1. The average molecular weight is 395 g/mol. The molecule has 1 aromatic heterocycles. The van der Waals surface area contributed by atoms with Gasteiger partial charge in [0.05, 0.1) is 12.1 Å². The molecule has 1 aliphatic rings. The Labute approximate surface area is 169 Å². The van der Waals surface area contributed by atoms with Crippen molar-refractivity contribution in [1.82, 2.24) is 15.2 Å². The van der Waals surface area contributed by atoms with Crippen LogP contribution in [0.4, 0.5) is 9.18 Å². The summed E-state index contributed by atoms with van der Waals surface area (Å²) in [6.07, 6.45) is 4.66. The molecular formula is C23H26FN3O2. The summed E-state index contributed by atoms with van der Waals surface area (Å²) in [5, 5.41) is 7.17. The molecule has 29 heavy (non-hydrogen) atoms. The quantitative estimate of drug-likeness (QED) is 0.583. The van der Waals surface area contributed by atoms with Gasteiger partial charge in [0, 0.05) is 31.4 Å². The number of benzene rings is 2. The van der Waals surface area contributed by atoms with Crippen LogP contribution in [-0.4, -0.2) is 29.9 Å². The molecule has 4 rings (SSSR count). The topological polar surface area (TPSA) is 55.3 Å². The second-order valence-corrected chi connectivity index (χ2v) is 7.40. The maximum atomic E-state index is 13.3. The maximum Gasteiger partial charge on any atom is 0.315 e.